The molecule has 128 valence electrons. The Morgan fingerprint density at radius 1 is 1.38 bits per heavy atom. The molecule has 2 aromatic rings. The minimum absolute atomic E-state index is 0.0759. The summed E-state index contributed by atoms with van der Waals surface area (Å²) in [5, 5.41) is 3.03. The molecule has 6 heteroatoms. The van der Waals surface area contributed by atoms with E-state index < -0.39 is 0 Å². The molecule has 3 rings (SSSR count). The van der Waals surface area contributed by atoms with Gasteiger partial charge in [-0.1, -0.05) is 6.07 Å². The molecule has 0 unspecified atom stereocenters. The molecular formula is C18H25N5O. The summed E-state index contributed by atoms with van der Waals surface area (Å²) in [4.78, 5) is 23.3. The number of carbonyl (C=O) groups excluding carboxylic acids is 1. The zero-order valence-corrected chi connectivity index (χ0v) is 14.4. The number of nitrogens with zero attached hydrogens (tertiary/aromatic N) is 4. The Bertz CT molecular complexity index is 696. The summed E-state index contributed by atoms with van der Waals surface area (Å²) in [5.41, 5.74) is 1.44. The van der Waals surface area contributed by atoms with Crippen LogP contribution in [0.1, 0.15) is 35.2 Å². The number of aryl methyl sites for hydroxylation is 2. The number of amides is 1. The second-order valence-corrected chi connectivity index (χ2v) is 6.40. The van der Waals surface area contributed by atoms with Crippen LogP contribution < -0.4 is 5.32 Å². The van der Waals surface area contributed by atoms with Gasteiger partial charge in [0.25, 0.3) is 5.91 Å². The van der Waals surface area contributed by atoms with Crippen LogP contribution >= 0.6 is 0 Å². The van der Waals surface area contributed by atoms with E-state index in [9.17, 15) is 4.79 Å². The van der Waals surface area contributed by atoms with Crippen LogP contribution in [0.3, 0.4) is 0 Å². The number of nitrogens with one attached hydrogen (secondary N) is 1. The van der Waals surface area contributed by atoms with Crippen LogP contribution in [0.2, 0.25) is 0 Å². The van der Waals surface area contributed by atoms with Crippen molar-refractivity contribution in [3.05, 3.63) is 47.8 Å². The standard InChI is InChI=1S/C18H25N5O/c1-3-23-10-8-19-16(23)13-22-9-6-15(12-22)11-21-18(24)17-14(2)5-4-7-20-17/h4-5,7-8,10,15H,3,6,9,11-13H2,1-2H3,(H,21,24)/t15-/m0/s1. The lowest BCUT2D eigenvalue weighted by Crippen LogP contribution is -2.32. The number of hydrogen-bond acceptors (Lipinski definition) is 4. The Kier molecular flexibility index (Phi) is 5.25. The third-order valence-electron chi connectivity index (χ3n) is 4.65. The molecule has 0 bridgehead atoms. The number of rotatable bonds is 6. The molecule has 1 fully saturated rings. The molecule has 1 atom stereocenters. The van der Waals surface area contributed by atoms with E-state index in [1.807, 2.05) is 31.5 Å². The number of carbonyl (C=O) groups is 1. The van der Waals surface area contributed by atoms with Gasteiger partial charge in [-0.25, -0.2) is 4.98 Å². The highest BCUT2D eigenvalue weighted by atomic mass is 16.1. The second kappa shape index (κ2) is 7.57. The van der Waals surface area contributed by atoms with E-state index in [-0.39, 0.29) is 5.91 Å². The monoisotopic (exact) mass is 327 g/mol. The number of pyridine rings is 1. The molecule has 6 nitrogen and oxygen atoms in total. The molecule has 0 radical (unpaired) electrons. The summed E-state index contributed by atoms with van der Waals surface area (Å²) in [6, 6.07) is 3.76. The van der Waals surface area contributed by atoms with Crippen LogP contribution in [-0.2, 0) is 13.1 Å². The van der Waals surface area contributed by atoms with Gasteiger partial charge in [-0.3, -0.25) is 14.7 Å². The summed E-state index contributed by atoms with van der Waals surface area (Å²) >= 11 is 0. The topological polar surface area (TPSA) is 63.1 Å². The summed E-state index contributed by atoms with van der Waals surface area (Å²) in [6.45, 7) is 8.63. The van der Waals surface area contributed by atoms with Gasteiger partial charge in [-0.2, -0.15) is 0 Å². The molecule has 0 spiro atoms. The maximum atomic E-state index is 12.2. The Balaban J connectivity index is 1.48. The van der Waals surface area contributed by atoms with Crippen LogP contribution in [0.15, 0.2) is 30.7 Å². The molecule has 0 aromatic carbocycles. The van der Waals surface area contributed by atoms with Crippen molar-refractivity contribution < 1.29 is 4.79 Å². The van der Waals surface area contributed by atoms with Crippen molar-refractivity contribution >= 4 is 5.91 Å². The van der Waals surface area contributed by atoms with Crippen molar-refractivity contribution in [3.63, 3.8) is 0 Å². The highest BCUT2D eigenvalue weighted by Crippen LogP contribution is 2.18. The van der Waals surface area contributed by atoms with Gasteiger partial charge < -0.3 is 9.88 Å². The van der Waals surface area contributed by atoms with Crippen molar-refractivity contribution in [2.45, 2.75) is 33.4 Å². The Morgan fingerprint density at radius 3 is 3.04 bits per heavy atom. The number of hydrogen-bond donors (Lipinski definition) is 1. The van der Waals surface area contributed by atoms with E-state index in [1.54, 1.807) is 6.20 Å². The molecule has 0 saturated carbocycles. The SMILES string of the molecule is CCn1ccnc1CN1CC[C@@H](CNC(=O)c2ncccc2C)C1. The third kappa shape index (κ3) is 3.82. The predicted octanol–water partition coefficient (Wildman–Crippen LogP) is 1.86. The van der Waals surface area contributed by atoms with Crippen LogP contribution in [0, 0.1) is 12.8 Å². The molecule has 1 aliphatic rings. The van der Waals surface area contributed by atoms with Gasteiger partial charge in [0.05, 0.1) is 6.54 Å². The first kappa shape index (κ1) is 16.6. The summed E-state index contributed by atoms with van der Waals surface area (Å²) in [6.07, 6.45) is 6.66. The second-order valence-electron chi connectivity index (χ2n) is 6.40. The molecule has 1 amide bonds. The number of imidazole rings is 1. The smallest absolute Gasteiger partial charge is 0.270 e. The van der Waals surface area contributed by atoms with E-state index in [4.69, 9.17) is 0 Å². The predicted molar refractivity (Wildman–Crippen MR) is 92.6 cm³/mol. The largest absolute Gasteiger partial charge is 0.350 e. The Hall–Kier alpha value is -2.21. The lowest BCUT2D eigenvalue weighted by atomic mass is 10.1. The van der Waals surface area contributed by atoms with Gasteiger partial charge >= 0.3 is 0 Å². The lowest BCUT2D eigenvalue weighted by molar-refractivity contribution is 0.0941. The summed E-state index contributed by atoms with van der Waals surface area (Å²) in [5.74, 6) is 1.53. The van der Waals surface area contributed by atoms with E-state index in [0.717, 1.165) is 44.0 Å². The molecule has 2 aromatic heterocycles. The third-order valence-corrected chi connectivity index (χ3v) is 4.65. The Labute approximate surface area is 142 Å². The van der Waals surface area contributed by atoms with Crippen LogP contribution in [0.5, 0.6) is 0 Å². The first-order chi connectivity index (χ1) is 11.7. The van der Waals surface area contributed by atoms with Gasteiger partial charge in [0, 0.05) is 38.2 Å². The minimum atomic E-state index is -0.0759. The van der Waals surface area contributed by atoms with Crippen molar-refractivity contribution in [2.75, 3.05) is 19.6 Å². The number of aromatic nitrogens is 3. The summed E-state index contributed by atoms with van der Waals surface area (Å²) < 4.78 is 2.18. The fraction of sp³-hybridized carbons (Fsp3) is 0.500. The molecule has 24 heavy (non-hydrogen) atoms. The molecule has 0 aliphatic carbocycles. The maximum absolute atomic E-state index is 12.2. The first-order valence-electron chi connectivity index (χ1n) is 8.59. The fourth-order valence-corrected chi connectivity index (χ4v) is 3.25. The molecular weight excluding hydrogens is 302 g/mol. The van der Waals surface area contributed by atoms with E-state index in [1.165, 1.54) is 0 Å². The molecule has 3 heterocycles. The van der Waals surface area contributed by atoms with Gasteiger partial charge in [-0.15, -0.1) is 0 Å². The Morgan fingerprint density at radius 2 is 2.25 bits per heavy atom. The zero-order valence-electron chi connectivity index (χ0n) is 14.4. The van der Waals surface area contributed by atoms with Crippen molar-refractivity contribution in [3.8, 4) is 0 Å². The molecule has 1 saturated heterocycles. The average molecular weight is 327 g/mol. The van der Waals surface area contributed by atoms with Crippen LogP contribution in [0.25, 0.3) is 0 Å². The summed E-state index contributed by atoms with van der Waals surface area (Å²) in [7, 11) is 0. The van der Waals surface area contributed by atoms with Crippen molar-refractivity contribution in [1.29, 1.82) is 0 Å². The number of likely N-dealkylation sites (tertiary alicyclic amines) is 1. The van der Waals surface area contributed by atoms with Gasteiger partial charge in [0.15, 0.2) is 0 Å². The normalized spacial score (nSPS) is 18.0. The van der Waals surface area contributed by atoms with Crippen LogP contribution in [-0.4, -0.2) is 45.0 Å². The fourth-order valence-electron chi connectivity index (χ4n) is 3.25. The van der Waals surface area contributed by atoms with E-state index in [2.05, 4.69) is 31.7 Å². The van der Waals surface area contributed by atoms with E-state index in [0.29, 0.717) is 18.2 Å². The molecule has 1 N–H and O–H groups in total. The minimum Gasteiger partial charge on any atom is -0.350 e. The molecule has 1 aliphatic heterocycles. The van der Waals surface area contributed by atoms with Crippen LogP contribution in [0.4, 0.5) is 0 Å². The van der Waals surface area contributed by atoms with E-state index >= 15 is 0 Å². The zero-order chi connectivity index (χ0) is 16.9. The van der Waals surface area contributed by atoms with Gasteiger partial charge in [-0.05, 0) is 44.4 Å². The lowest BCUT2D eigenvalue weighted by Gasteiger charge is -2.16. The van der Waals surface area contributed by atoms with Gasteiger partial charge in [0.1, 0.15) is 11.5 Å². The highest BCUT2D eigenvalue weighted by Gasteiger charge is 2.24. The van der Waals surface area contributed by atoms with Crippen molar-refractivity contribution in [1.82, 2.24) is 24.8 Å². The quantitative estimate of drug-likeness (QED) is 0.880. The van der Waals surface area contributed by atoms with Gasteiger partial charge in [0.2, 0.25) is 0 Å². The first-order valence-corrected chi connectivity index (χ1v) is 8.59. The maximum Gasteiger partial charge on any atom is 0.270 e. The average Bonchev–Trinajstić information content (AvgIpc) is 3.22. The highest BCUT2D eigenvalue weighted by molar-refractivity contribution is 5.93. The van der Waals surface area contributed by atoms with Crippen molar-refractivity contribution in [2.24, 2.45) is 5.92 Å².